The lowest BCUT2D eigenvalue weighted by Crippen LogP contribution is -2.25. The van der Waals surface area contributed by atoms with E-state index < -0.39 is 0 Å². The summed E-state index contributed by atoms with van der Waals surface area (Å²) < 4.78 is 0. The SMILES string of the molecule is O=C(NCCC1CCCC1)c1cccc(Nc2ccc(/C=C/c3cccnc3)cc2)c1. The first kappa shape index (κ1) is 20.9. The minimum absolute atomic E-state index is 0.00228. The van der Waals surface area contributed by atoms with E-state index in [9.17, 15) is 4.79 Å². The maximum Gasteiger partial charge on any atom is 0.251 e. The first-order valence-corrected chi connectivity index (χ1v) is 11.1. The molecule has 0 aliphatic heterocycles. The molecule has 0 unspecified atom stereocenters. The number of hydrogen-bond donors (Lipinski definition) is 2. The first-order valence-electron chi connectivity index (χ1n) is 11.1. The third kappa shape index (κ3) is 6.29. The van der Waals surface area contributed by atoms with Crippen molar-refractivity contribution in [3.8, 4) is 0 Å². The van der Waals surface area contributed by atoms with E-state index in [2.05, 4.69) is 33.8 Å². The number of pyridine rings is 1. The van der Waals surface area contributed by atoms with Crippen molar-refractivity contribution in [3.05, 3.63) is 89.7 Å². The average Bonchev–Trinajstić information content (AvgIpc) is 3.33. The summed E-state index contributed by atoms with van der Waals surface area (Å²) in [4.78, 5) is 16.6. The van der Waals surface area contributed by atoms with Gasteiger partial charge in [0, 0.05) is 35.9 Å². The second-order valence-corrected chi connectivity index (χ2v) is 8.14. The lowest BCUT2D eigenvalue weighted by atomic mass is 10.0. The van der Waals surface area contributed by atoms with Crippen LogP contribution < -0.4 is 10.6 Å². The van der Waals surface area contributed by atoms with Gasteiger partial charge in [0.15, 0.2) is 0 Å². The zero-order chi connectivity index (χ0) is 21.3. The van der Waals surface area contributed by atoms with Gasteiger partial charge in [0.05, 0.1) is 0 Å². The quantitative estimate of drug-likeness (QED) is 0.457. The fourth-order valence-electron chi connectivity index (χ4n) is 4.04. The van der Waals surface area contributed by atoms with Crippen LogP contribution >= 0.6 is 0 Å². The molecule has 2 aromatic carbocycles. The summed E-state index contributed by atoms with van der Waals surface area (Å²) in [7, 11) is 0. The smallest absolute Gasteiger partial charge is 0.251 e. The molecule has 0 bridgehead atoms. The Kier molecular flexibility index (Phi) is 7.12. The maximum atomic E-state index is 12.5. The summed E-state index contributed by atoms with van der Waals surface area (Å²) in [5, 5.41) is 6.46. The molecule has 4 rings (SSSR count). The Balaban J connectivity index is 1.31. The predicted octanol–water partition coefficient (Wildman–Crippen LogP) is 6.31. The van der Waals surface area contributed by atoms with Gasteiger partial charge >= 0.3 is 0 Å². The summed E-state index contributed by atoms with van der Waals surface area (Å²) in [5.41, 5.74) is 4.76. The average molecular weight is 412 g/mol. The molecule has 4 nitrogen and oxygen atoms in total. The molecule has 4 heteroatoms. The van der Waals surface area contributed by atoms with Crippen LogP contribution in [0.25, 0.3) is 12.2 Å². The number of benzene rings is 2. The van der Waals surface area contributed by atoms with Gasteiger partial charge in [0.25, 0.3) is 5.91 Å². The van der Waals surface area contributed by atoms with E-state index >= 15 is 0 Å². The molecule has 1 aromatic heterocycles. The summed E-state index contributed by atoms with van der Waals surface area (Å²) in [6.45, 7) is 0.759. The van der Waals surface area contributed by atoms with Crippen LogP contribution in [-0.2, 0) is 0 Å². The number of aromatic nitrogens is 1. The topological polar surface area (TPSA) is 54.0 Å². The van der Waals surface area contributed by atoms with Crippen molar-refractivity contribution in [1.82, 2.24) is 10.3 Å². The van der Waals surface area contributed by atoms with Crippen LogP contribution in [0.3, 0.4) is 0 Å². The van der Waals surface area contributed by atoms with Gasteiger partial charge in [-0.3, -0.25) is 9.78 Å². The van der Waals surface area contributed by atoms with Crippen molar-refractivity contribution in [2.45, 2.75) is 32.1 Å². The van der Waals surface area contributed by atoms with Crippen molar-refractivity contribution in [2.75, 3.05) is 11.9 Å². The number of nitrogens with one attached hydrogen (secondary N) is 2. The van der Waals surface area contributed by atoms with Crippen molar-refractivity contribution in [2.24, 2.45) is 5.92 Å². The van der Waals surface area contributed by atoms with E-state index in [-0.39, 0.29) is 5.91 Å². The van der Waals surface area contributed by atoms with Gasteiger partial charge < -0.3 is 10.6 Å². The van der Waals surface area contributed by atoms with Gasteiger partial charge in [-0.1, -0.05) is 62.1 Å². The zero-order valence-electron chi connectivity index (χ0n) is 17.8. The summed E-state index contributed by atoms with van der Waals surface area (Å²) in [6, 6.07) is 19.8. The number of hydrogen-bond acceptors (Lipinski definition) is 3. The van der Waals surface area contributed by atoms with Crippen LogP contribution in [0.15, 0.2) is 73.1 Å². The maximum absolute atomic E-state index is 12.5. The monoisotopic (exact) mass is 411 g/mol. The normalized spacial score (nSPS) is 14.1. The second-order valence-electron chi connectivity index (χ2n) is 8.14. The molecule has 158 valence electrons. The summed E-state index contributed by atoms with van der Waals surface area (Å²) in [5.74, 6) is 0.785. The molecule has 0 spiro atoms. The Hall–Kier alpha value is -3.40. The fraction of sp³-hybridized carbons (Fsp3) is 0.259. The van der Waals surface area contributed by atoms with E-state index in [0.717, 1.165) is 41.4 Å². The highest BCUT2D eigenvalue weighted by atomic mass is 16.1. The number of rotatable bonds is 8. The Morgan fingerprint density at radius 1 is 0.935 bits per heavy atom. The lowest BCUT2D eigenvalue weighted by molar-refractivity contribution is 0.0951. The Bertz CT molecular complexity index is 1010. The molecule has 1 fully saturated rings. The minimum Gasteiger partial charge on any atom is -0.356 e. The Labute approximate surface area is 184 Å². The van der Waals surface area contributed by atoms with Crippen LogP contribution in [0, 0.1) is 5.92 Å². The van der Waals surface area contributed by atoms with E-state index in [1.54, 1.807) is 6.20 Å². The number of amides is 1. The molecule has 0 saturated heterocycles. The zero-order valence-corrected chi connectivity index (χ0v) is 17.8. The highest BCUT2D eigenvalue weighted by Crippen LogP contribution is 2.27. The molecule has 1 saturated carbocycles. The van der Waals surface area contributed by atoms with E-state index in [1.165, 1.54) is 25.7 Å². The standard InChI is InChI=1S/C27H29N3O/c31-27(29-18-16-21-5-1-2-6-21)24-8-3-9-26(19-24)30-25-14-12-22(13-15-25)10-11-23-7-4-17-28-20-23/h3-4,7-15,17,19-21,30H,1-2,5-6,16,18H2,(H,29,31)/b11-10+. The molecule has 1 aliphatic carbocycles. The van der Waals surface area contributed by atoms with Crippen LogP contribution in [0.4, 0.5) is 11.4 Å². The van der Waals surface area contributed by atoms with Gasteiger partial charge in [-0.05, 0) is 59.9 Å². The molecular weight excluding hydrogens is 382 g/mol. The van der Waals surface area contributed by atoms with Crippen molar-refractivity contribution in [3.63, 3.8) is 0 Å². The van der Waals surface area contributed by atoms with Crippen molar-refractivity contribution in [1.29, 1.82) is 0 Å². The summed E-state index contributed by atoms with van der Waals surface area (Å²) >= 11 is 0. The van der Waals surface area contributed by atoms with Crippen molar-refractivity contribution < 1.29 is 4.79 Å². The van der Waals surface area contributed by atoms with Crippen LogP contribution in [-0.4, -0.2) is 17.4 Å². The Morgan fingerprint density at radius 3 is 2.52 bits per heavy atom. The van der Waals surface area contributed by atoms with Gasteiger partial charge in [0.2, 0.25) is 0 Å². The van der Waals surface area contributed by atoms with Gasteiger partial charge in [-0.25, -0.2) is 0 Å². The van der Waals surface area contributed by atoms with Gasteiger partial charge in [-0.2, -0.15) is 0 Å². The second kappa shape index (κ2) is 10.6. The first-order chi connectivity index (χ1) is 15.3. The van der Waals surface area contributed by atoms with Gasteiger partial charge in [0.1, 0.15) is 0 Å². The minimum atomic E-state index is -0.00228. The number of anilines is 2. The number of carbonyl (C=O) groups excluding carboxylic acids is 1. The van der Waals surface area contributed by atoms with E-state index in [1.807, 2.05) is 60.8 Å². The lowest BCUT2D eigenvalue weighted by Gasteiger charge is -2.11. The largest absolute Gasteiger partial charge is 0.356 e. The van der Waals surface area contributed by atoms with Crippen molar-refractivity contribution >= 4 is 29.4 Å². The molecule has 1 amide bonds. The molecule has 0 radical (unpaired) electrons. The summed E-state index contributed by atoms with van der Waals surface area (Å²) in [6.07, 6.45) is 14.1. The third-order valence-corrected chi connectivity index (χ3v) is 5.79. The fourth-order valence-corrected chi connectivity index (χ4v) is 4.04. The molecule has 1 aliphatic rings. The third-order valence-electron chi connectivity index (χ3n) is 5.79. The van der Waals surface area contributed by atoms with E-state index in [4.69, 9.17) is 0 Å². The molecule has 3 aromatic rings. The van der Waals surface area contributed by atoms with Gasteiger partial charge in [-0.15, -0.1) is 0 Å². The van der Waals surface area contributed by atoms with Crippen LogP contribution in [0.5, 0.6) is 0 Å². The molecular formula is C27H29N3O. The van der Waals surface area contributed by atoms with E-state index in [0.29, 0.717) is 5.56 Å². The van der Waals surface area contributed by atoms with Crippen LogP contribution in [0.2, 0.25) is 0 Å². The Morgan fingerprint density at radius 2 is 1.74 bits per heavy atom. The molecule has 31 heavy (non-hydrogen) atoms. The highest BCUT2D eigenvalue weighted by Gasteiger charge is 2.15. The predicted molar refractivity (Wildman–Crippen MR) is 128 cm³/mol. The van der Waals surface area contributed by atoms with Crippen LogP contribution in [0.1, 0.15) is 53.6 Å². The number of carbonyl (C=O) groups is 1. The highest BCUT2D eigenvalue weighted by molar-refractivity contribution is 5.95. The number of nitrogens with zero attached hydrogens (tertiary/aromatic N) is 1. The molecule has 0 atom stereocenters. The molecule has 2 N–H and O–H groups in total. The molecule has 1 heterocycles.